The van der Waals surface area contributed by atoms with Gasteiger partial charge >= 0.3 is 0 Å². The Morgan fingerprint density at radius 2 is 2.05 bits per heavy atom. The predicted octanol–water partition coefficient (Wildman–Crippen LogP) is 5.01. The van der Waals surface area contributed by atoms with E-state index in [0.29, 0.717) is 5.02 Å². The van der Waals surface area contributed by atoms with Crippen LogP contribution in [0.2, 0.25) is 5.02 Å². The molecule has 0 atom stereocenters. The highest BCUT2D eigenvalue weighted by Crippen LogP contribution is 2.33. The molecule has 3 aromatic rings. The molecule has 0 radical (unpaired) electrons. The molecule has 0 fully saturated rings. The summed E-state index contributed by atoms with van der Waals surface area (Å²) in [6.07, 6.45) is 0. The van der Waals surface area contributed by atoms with E-state index in [4.69, 9.17) is 16.3 Å². The fourth-order valence-corrected chi connectivity index (χ4v) is 2.96. The molecule has 3 rings (SSSR count). The smallest absolute Gasteiger partial charge is 0.188 e. The number of nitrogens with one attached hydrogen (secondary N) is 1. The first-order valence-electron chi connectivity index (χ1n) is 6.13. The quantitative estimate of drug-likeness (QED) is 0.738. The Bertz CT molecular complexity index is 770. The molecule has 0 saturated carbocycles. The average Bonchev–Trinajstić information content (AvgIpc) is 2.82. The molecule has 1 aromatic heterocycles. The van der Waals surface area contributed by atoms with E-state index >= 15 is 0 Å². The van der Waals surface area contributed by atoms with E-state index in [2.05, 4.69) is 35.4 Å². The normalized spacial score (nSPS) is 10.8. The number of anilines is 2. The first kappa shape index (κ1) is 13.2. The van der Waals surface area contributed by atoms with Gasteiger partial charge in [-0.2, -0.15) is 0 Å². The third kappa shape index (κ3) is 2.57. The van der Waals surface area contributed by atoms with E-state index < -0.39 is 0 Å². The van der Waals surface area contributed by atoms with Crippen LogP contribution in [0.5, 0.6) is 5.75 Å². The van der Waals surface area contributed by atoms with Crippen molar-refractivity contribution in [2.24, 2.45) is 0 Å². The van der Waals surface area contributed by atoms with Crippen molar-refractivity contribution in [2.45, 2.75) is 6.92 Å². The van der Waals surface area contributed by atoms with Crippen LogP contribution in [0.1, 0.15) is 5.56 Å². The summed E-state index contributed by atoms with van der Waals surface area (Å²) >= 11 is 7.79. The number of benzene rings is 2. The van der Waals surface area contributed by atoms with E-state index in [0.717, 1.165) is 26.8 Å². The minimum Gasteiger partial charge on any atom is -0.497 e. The molecule has 3 nitrogen and oxygen atoms in total. The molecule has 0 spiro atoms. The van der Waals surface area contributed by atoms with E-state index in [1.165, 1.54) is 5.56 Å². The van der Waals surface area contributed by atoms with E-state index in [1.54, 1.807) is 24.5 Å². The number of halogens is 1. The highest BCUT2D eigenvalue weighted by Gasteiger charge is 2.07. The Kier molecular flexibility index (Phi) is 3.51. The van der Waals surface area contributed by atoms with Crippen molar-refractivity contribution in [1.29, 1.82) is 0 Å². The number of ether oxygens (including phenoxy) is 1. The van der Waals surface area contributed by atoms with Crippen LogP contribution in [0.4, 0.5) is 10.8 Å². The Labute approximate surface area is 126 Å². The van der Waals surface area contributed by atoms with Crippen molar-refractivity contribution < 1.29 is 4.74 Å². The van der Waals surface area contributed by atoms with Crippen molar-refractivity contribution in [1.82, 2.24) is 4.98 Å². The Morgan fingerprint density at radius 3 is 2.85 bits per heavy atom. The highest BCUT2D eigenvalue weighted by atomic mass is 35.5. The van der Waals surface area contributed by atoms with Crippen molar-refractivity contribution in [3.63, 3.8) is 0 Å². The van der Waals surface area contributed by atoms with Gasteiger partial charge in [0.25, 0.3) is 0 Å². The zero-order chi connectivity index (χ0) is 14.1. The number of rotatable bonds is 3. The number of methoxy groups -OCH3 is 1. The van der Waals surface area contributed by atoms with Crippen molar-refractivity contribution in [3.05, 3.63) is 47.0 Å². The van der Waals surface area contributed by atoms with Gasteiger partial charge in [-0.05, 0) is 36.8 Å². The van der Waals surface area contributed by atoms with Gasteiger partial charge in [0.1, 0.15) is 5.75 Å². The summed E-state index contributed by atoms with van der Waals surface area (Å²) < 4.78 is 6.36. The summed E-state index contributed by atoms with van der Waals surface area (Å²) in [5.41, 5.74) is 2.99. The van der Waals surface area contributed by atoms with Crippen LogP contribution >= 0.6 is 22.9 Å². The molecular formula is C15H13ClN2OS. The molecule has 0 bridgehead atoms. The maximum absolute atomic E-state index is 6.19. The Balaban J connectivity index is 1.96. The second-order valence-corrected chi connectivity index (χ2v) is 5.90. The van der Waals surface area contributed by atoms with Gasteiger partial charge in [-0.15, -0.1) is 0 Å². The lowest BCUT2D eigenvalue weighted by atomic mass is 10.2. The Hall–Kier alpha value is -1.78. The number of nitrogens with zero attached hydrogens (tertiary/aromatic N) is 1. The average molecular weight is 305 g/mol. The summed E-state index contributed by atoms with van der Waals surface area (Å²) in [6, 6.07) is 11.7. The topological polar surface area (TPSA) is 34.1 Å². The lowest BCUT2D eigenvalue weighted by Crippen LogP contribution is -1.91. The van der Waals surface area contributed by atoms with Crippen LogP contribution in [-0.4, -0.2) is 12.1 Å². The largest absolute Gasteiger partial charge is 0.497 e. The van der Waals surface area contributed by atoms with Gasteiger partial charge in [-0.1, -0.05) is 29.0 Å². The van der Waals surface area contributed by atoms with Gasteiger partial charge in [-0.3, -0.25) is 0 Å². The lowest BCUT2D eigenvalue weighted by Gasteiger charge is -2.07. The molecule has 0 aliphatic rings. The van der Waals surface area contributed by atoms with Gasteiger partial charge in [0.05, 0.1) is 28.0 Å². The molecule has 1 N–H and O–H groups in total. The standard InChI is InChI=1S/C15H13ClN2OS/c1-9-3-6-14-13(7-9)18-15(20-14)17-12-8-10(19-2)4-5-11(12)16/h3-8H,1-2H3,(H,17,18). The predicted molar refractivity (Wildman–Crippen MR) is 85.6 cm³/mol. The van der Waals surface area contributed by atoms with E-state index in [-0.39, 0.29) is 0 Å². The third-order valence-electron chi connectivity index (χ3n) is 2.96. The molecule has 0 aliphatic heterocycles. The number of hydrogen-bond donors (Lipinski definition) is 1. The number of thiazole rings is 1. The van der Waals surface area contributed by atoms with Gasteiger partial charge in [0.2, 0.25) is 0 Å². The first-order chi connectivity index (χ1) is 9.65. The molecule has 0 saturated heterocycles. The number of aromatic nitrogens is 1. The molecule has 5 heteroatoms. The summed E-state index contributed by atoms with van der Waals surface area (Å²) in [4.78, 5) is 4.57. The minimum absolute atomic E-state index is 0.640. The lowest BCUT2D eigenvalue weighted by molar-refractivity contribution is 0.415. The number of fused-ring (bicyclic) bond motifs is 1. The molecule has 0 amide bonds. The molecule has 2 aromatic carbocycles. The fraction of sp³-hybridized carbons (Fsp3) is 0.133. The molecule has 0 aliphatic carbocycles. The highest BCUT2D eigenvalue weighted by molar-refractivity contribution is 7.22. The number of hydrogen-bond acceptors (Lipinski definition) is 4. The maximum Gasteiger partial charge on any atom is 0.188 e. The van der Waals surface area contributed by atoms with Crippen molar-refractivity contribution in [2.75, 3.05) is 12.4 Å². The summed E-state index contributed by atoms with van der Waals surface area (Å²) in [5, 5.41) is 4.71. The van der Waals surface area contributed by atoms with Gasteiger partial charge in [0, 0.05) is 6.07 Å². The van der Waals surface area contributed by atoms with Crippen molar-refractivity contribution in [3.8, 4) is 5.75 Å². The zero-order valence-corrected chi connectivity index (χ0v) is 12.7. The third-order valence-corrected chi connectivity index (χ3v) is 4.24. The van der Waals surface area contributed by atoms with E-state index in [9.17, 15) is 0 Å². The van der Waals surface area contributed by atoms with E-state index in [1.807, 2.05) is 12.1 Å². The van der Waals surface area contributed by atoms with Crippen LogP contribution in [0, 0.1) is 6.92 Å². The molecule has 1 heterocycles. The zero-order valence-electron chi connectivity index (χ0n) is 11.1. The van der Waals surface area contributed by atoms with Crippen LogP contribution < -0.4 is 10.1 Å². The molecule has 0 unspecified atom stereocenters. The van der Waals surface area contributed by atoms with Gasteiger partial charge in [0.15, 0.2) is 5.13 Å². The molecular weight excluding hydrogens is 292 g/mol. The second-order valence-electron chi connectivity index (χ2n) is 4.46. The second kappa shape index (κ2) is 5.31. The monoisotopic (exact) mass is 304 g/mol. The van der Waals surface area contributed by atoms with Crippen molar-refractivity contribution >= 4 is 44.0 Å². The van der Waals surface area contributed by atoms with Crippen LogP contribution in [0.15, 0.2) is 36.4 Å². The van der Waals surface area contributed by atoms with Crippen LogP contribution in [-0.2, 0) is 0 Å². The minimum atomic E-state index is 0.640. The SMILES string of the molecule is COc1ccc(Cl)c(Nc2nc3cc(C)ccc3s2)c1. The fourth-order valence-electron chi connectivity index (χ4n) is 1.93. The summed E-state index contributed by atoms with van der Waals surface area (Å²) in [6.45, 7) is 2.06. The van der Waals surface area contributed by atoms with Gasteiger partial charge < -0.3 is 10.1 Å². The van der Waals surface area contributed by atoms with Crippen LogP contribution in [0.25, 0.3) is 10.2 Å². The Morgan fingerprint density at radius 1 is 1.20 bits per heavy atom. The molecule has 102 valence electrons. The summed E-state index contributed by atoms with van der Waals surface area (Å²) in [7, 11) is 1.63. The first-order valence-corrected chi connectivity index (χ1v) is 7.33. The van der Waals surface area contributed by atoms with Gasteiger partial charge in [-0.25, -0.2) is 4.98 Å². The maximum atomic E-state index is 6.19. The summed E-state index contributed by atoms with van der Waals surface area (Å²) in [5.74, 6) is 0.758. The van der Waals surface area contributed by atoms with Crippen LogP contribution in [0.3, 0.4) is 0 Å². The number of aryl methyl sites for hydroxylation is 1. The molecule has 20 heavy (non-hydrogen) atoms.